The van der Waals surface area contributed by atoms with Crippen LogP contribution >= 0.6 is 0 Å². The van der Waals surface area contributed by atoms with Crippen molar-refractivity contribution in [1.82, 2.24) is 4.57 Å². The molecule has 1 saturated heterocycles. The summed E-state index contributed by atoms with van der Waals surface area (Å²) in [4.78, 5) is 39.2. The van der Waals surface area contributed by atoms with Gasteiger partial charge in [-0.3, -0.25) is 14.4 Å². The van der Waals surface area contributed by atoms with Crippen LogP contribution in [0.1, 0.15) is 18.9 Å². The fourth-order valence-electron chi connectivity index (χ4n) is 4.43. The number of hydrogen-bond donors (Lipinski definition) is 0. The van der Waals surface area contributed by atoms with Gasteiger partial charge in [-0.1, -0.05) is 30.3 Å². The largest absolute Gasteiger partial charge is 0.465 e. The van der Waals surface area contributed by atoms with Gasteiger partial charge in [0.05, 0.1) is 17.9 Å². The molecular weight excluding hydrogens is 406 g/mol. The normalized spacial score (nSPS) is 18.9. The SMILES string of the molecule is CCOC(=O)C1CCN(c2ccc3cc4n(c(=O)c3c2)C(F)(F)c2ccccc2-4)C1=O. The van der Waals surface area contributed by atoms with Crippen molar-refractivity contribution in [3.05, 3.63) is 64.4 Å². The summed E-state index contributed by atoms with van der Waals surface area (Å²) in [7, 11) is 0. The van der Waals surface area contributed by atoms with E-state index in [9.17, 15) is 14.4 Å². The van der Waals surface area contributed by atoms with Crippen molar-refractivity contribution in [3.63, 3.8) is 0 Å². The van der Waals surface area contributed by atoms with E-state index >= 15 is 8.78 Å². The summed E-state index contributed by atoms with van der Waals surface area (Å²) in [5.41, 5.74) is -0.174. The first-order chi connectivity index (χ1) is 14.8. The molecule has 5 rings (SSSR count). The number of benzene rings is 2. The molecule has 8 heteroatoms. The Kier molecular flexibility index (Phi) is 4.22. The number of amides is 1. The average molecular weight is 424 g/mol. The Balaban J connectivity index is 1.60. The number of alkyl halides is 2. The highest BCUT2D eigenvalue weighted by Crippen LogP contribution is 2.45. The van der Waals surface area contributed by atoms with Gasteiger partial charge >= 0.3 is 12.0 Å². The Morgan fingerprint density at radius 3 is 2.71 bits per heavy atom. The second-order valence-corrected chi connectivity index (χ2v) is 7.61. The number of aromatic nitrogens is 1. The smallest absolute Gasteiger partial charge is 0.359 e. The van der Waals surface area contributed by atoms with E-state index in [1.54, 1.807) is 37.3 Å². The zero-order valence-electron chi connectivity index (χ0n) is 16.6. The second-order valence-electron chi connectivity index (χ2n) is 7.61. The lowest BCUT2D eigenvalue weighted by Gasteiger charge is -2.18. The number of pyridine rings is 1. The van der Waals surface area contributed by atoms with E-state index < -0.39 is 29.4 Å². The number of nitrogens with zero attached hydrogens (tertiary/aromatic N) is 2. The van der Waals surface area contributed by atoms with Gasteiger partial charge < -0.3 is 9.64 Å². The third-order valence-corrected chi connectivity index (χ3v) is 5.90. The number of rotatable bonds is 3. The fraction of sp³-hybridized carbons (Fsp3) is 0.261. The highest BCUT2D eigenvalue weighted by atomic mass is 19.3. The van der Waals surface area contributed by atoms with Crippen LogP contribution in [0.15, 0.2) is 53.3 Å². The molecule has 0 aliphatic carbocycles. The average Bonchev–Trinajstić information content (AvgIpc) is 3.24. The molecule has 31 heavy (non-hydrogen) atoms. The first kappa shape index (κ1) is 19.4. The Morgan fingerprint density at radius 2 is 1.94 bits per heavy atom. The van der Waals surface area contributed by atoms with Crippen LogP contribution < -0.4 is 10.5 Å². The molecule has 2 aliphatic heterocycles. The van der Waals surface area contributed by atoms with Crippen molar-refractivity contribution < 1.29 is 23.1 Å². The molecule has 3 aromatic rings. The van der Waals surface area contributed by atoms with Gasteiger partial charge in [0.15, 0.2) is 0 Å². The van der Waals surface area contributed by atoms with Crippen LogP contribution in [0.4, 0.5) is 14.5 Å². The quantitative estimate of drug-likeness (QED) is 0.477. The van der Waals surface area contributed by atoms with Crippen LogP contribution in [-0.2, 0) is 20.4 Å². The Morgan fingerprint density at radius 1 is 1.16 bits per heavy atom. The molecule has 1 atom stereocenters. The molecule has 1 aromatic heterocycles. The van der Waals surface area contributed by atoms with E-state index in [2.05, 4.69) is 0 Å². The maximum atomic E-state index is 15.0. The van der Waals surface area contributed by atoms with E-state index in [4.69, 9.17) is 4.74 Å². The molecule has 0 N–H and O–H groups in total. The number of carbonyl (C=O) groups excluding carboxylic acids is 2. The molecule has 0 saturated carbocycles. The predicted octanol–water partition coefficient (Wildman–Crippen LogP) is 3.50. The molecule has 3 heterocycles. The lowest BCUT2D eigenvalue weighted by Crippen LogP contribution is -2.33. The first-order valence-corrected chi connectivity index (χ1v) is 10.0. The van der Waals surface area contributed by atoms with Crippen LogP contribution in [0.3, 0.4) is 0 Å². The maximum Gasteiger partial charge on any atom is 0.359 e. The molecule has 0 spiro atoms. The summed E-state index contributed by atoms with van der Waals surface area (Å²) in [6.45, 7) is 2.12. The zero-order chi connectivity index (χ0) is 21.9. The fourth-order valence-corrected chi connectivity index (χ4v) is 4.43. The van der Waals surface area contributed by atoms with E-state index in [0.717, 1.165) is 0 Å². The number of hydrogen-bond acceptors (Lipinski definition) is 4. The van der Waals surface area contributed by atoms with Crippen LogP contribution in [-0.4, -0.2) is 29.6 Å². The van der Waals surface area contributed by atoms with Gasteiger partial charge in [0.25, 0.3) is 5.56 Å². The maximum absolute atomic E-state index is 15.0. The lowest BCUT2D eigenvalue weighted by atomic mass is 10.0. The van der Waals surface area contributed by atoms with Crippen molar-refractivity contribution >= 4 is 28.3 Å². The van der Waals surface area contributed by atoms with Gasteiger partial charge in [-0.05, 0) is 36.9 Å². The van der Waals surface area contributed by atoms with E-state index in [-0.39, 0.29) is 29.8 Å². The van der Waals surface area contributed by atoms with Gasteiger partial charge in [0.2, 0.25) is 5.91 Å². The predicted molar refractivity (Wildman–Crippen MR) is 110 cm³/mol. The molecule has 158 valence electrons. The van der Waals surface area contributed by atoms with Gasteiger partial charge in [0.1, 0.15) is 5.92 Å². The monoisotopic (exact) mass is 424 g/mol. The minimum absolute atomic E-state index is 0.0844. The van der Waals surface area contributed by atoms with E-state index in [1.807, 2.05) is 0 Å². The summed E-state index contributed by atoms with van der Waals surface area (Å²) in [6.07, 6.45) is 0.298. The molecule has 1 unspecified atom stereocenters. The minimum Gasteiger partial charge on any atom is -0.465 e. The van der Waals surface area contributed by atoms with Crippen molar-refractivity contribution in [2.45, 2.75) is 19.4 Å². The summed E-state index contributed by atoms with van der Waals surface area (Å²) >= 11 is 0. The summed E-state index contributed by atoms with van der Waals surface area (Å²) in [6, 6.07) is 8.88. The van der Waals surface area contributed by atoms with Crippen molar-refractivity contribution in [2.24, 2.45) is 5.92 Å². The number of halogens is 2. The summed E-state index contributed by atoms with van der Waals surface area (Å²) in [5, 5.41) is 0.585. The van der Waals surface area contributed by atoms with Crippen LogP contribution in [0, 0.1) is 5.92 Å². The minimum atomic E-state index is -3.47. The Hall–Kier alpha value is -3.55. The van der Waals surface area contributed by atoms with Crippen molar-refractivity contribution in [1.29, 1.82) is 0 Å². The lowest BCUT2D eigenvalue weighted by molar-refractivity contribution is -0.150. The van der Waals surface area contributed by atoms with Crippen molar-refractivity contribution in [2.75, 3.05) is 18.1 Å². The molecule has 2 aromatic carbocycles. The summed E-state index contributed by atoms with van der Waals surface area (Å²) in [5.74, 6) is -1.89. The van der Waals surface area contributed by atoms with E-state index in [0.29, 0.717) is 27.6 Å². The highest BCUT2D eigenvalue weighted by Gasteiger charge is 2.45. The zero-order valence-corrected chi connectivity index (χ0v) is 16.6. The Bertz CT molecular complexity index is 1310. The molecular formula is C23H18F2N2O4. The van der Waals surface area contributed by atoms with Crippen LogP contribution in [0.25, 0.3) is 22.0 Å². The Labute approximate surface area is 175 Å². The summed E-state index contributed by atoms with van der Waals surface area (Å²) < 4.78 is 35.5. The standard InChI is InChI=1S/C23H18F2N2O4/c1-2-31-22(30)16-9-10-26(20(16)28)14-8-7-13-11-19-15-5-3-4-6-18(15)23(24,25)27(19)21(29)17(13)12-14/h3-8,11-12,16H,2,9-10H2,1H3. The number of anilines is 1. The third kappa shape index (κ3) is 2.71. The molecule has 2 aliphatic rings. The van der Waals surface area contributed by atoms with Crippen molar-refractivity contribution in [3.8, 4) is 11.3 Å². The highest BCUT2D eigenvalue weighted by molar-refractivity contribution is 6.09. The molecule has 6 nitrogen and oxygen atoms in total. The number of esters is 1. The number of fused-ring (bicyclic) bond motifs is 4. The van der Waals surface area contributed by atoms with Crippen LogP contribution in [0.5, 0.6) is 0 Å². The van der Waals surface area contributed by atoms with Gasteiger partial charge in [-0.15, -0.1) is 0 Å². The second kappa shape index (κ2) is 6.73. The first-order valence-electron chi connectivity index (χ1n) is 10.0. The third-order valence-electron chi connectivity index (χ3n) is 5.90. The van der Waals surface area contributed by atoms with Gasteiger partial charge in [-0.25, -0.2) is 4.57 Å². The van der Waals surface area contributed by atoms with Gasteiger partial charge in [-0.2, -0.15) is 8.78 Å². The number of carbonyl (C=O) groups is 2. The van der Waals surface area contributed by atoms with Gasteiger partial charge in [0, 0.05) is 23.2 Å². The number of ether oxygens (including phenoxy) is 1. The topological polar surface area (TPSA) is 68.6 Å². The molecule has 0 radical (unpaired) electrons. The van der Waals surface area contributed by atoms with Crippen LogP contribution in [0.2, 0.25) is 0 Å². The van der Waals surface area contributed by atoms with E-state index in [1.165, 1.54) is 23.1 Å². The molecule has 1 amide bonds. The molecule has 1 fully saturated rings. The molecule has 0 bridgehead atoms.